The van der Waals surface area contributed by atoms with E-state index in [1.807, 2.05) is 35.1 Å². The van der Waals surface area contributed by atoms with Crippen molar-refractivity contribution >= 4 is 0 Å². The molecule has 2 heteroatoms. The molecule has 0 fully saturated rings. The Morgan fingerprint density at radius 3 is 2.54 bits per heavy atom. The standard InChI is InChI=1S/C11H11N2/c1-10(13-9-5-8-12-13)11-6-3-2-4-7-11/h2-10H,1H2. The Morgan fingerprint density at radius 2 is 1.92 bits per heavy atom. The van der Waals surface area contributed by atoms with E-state index in [1.165, 1.54) is 5.56 Å². The highest BCUT2D eigenvalue weighted by Crippen LogP contribution is 2.14. The van der Waals surface area contributed by atoms with E-state index in [1.54, 1.807) is 6.20 Å². The molecular weight excluding hydrogens is 160 g/mol. The van der Waals surface area contributed by atoms with Gasteiger partial charge in [0, 0.05) is 12.4 Å². The lowest BCUT2D eigenvalue weighted by Crippen LogP contribution is -2.06. The third kappa shape index (κ3) is 1.61. The molecule has 1 radical (unpaired) electrons. The number of rotatable bonds is 2. The van der Waals surface area contributed by atoms with Crippen molar-refractivity contribution in [3.63, 3.8) is 0 Å². The van der Waals surface area contributed by atoms with E-state index < -0.39 is 0 Å². The van der Waals surface area contributed by atoms with Gasteiger partial charge in [0.1, 0.15) is 0 Å². The number of benzene rings is 1. The minimum absolute atomic E-state index is 0.0659. The summed E-state index contributed by atoms with van der Waals surface area (Å²) in [4.78, 5) is 0. The highest BCUT2D eigenvalue weighted by atomic mass is 15.3. The van der Waals surface area contributed by atoms with Crippen LogP contribution in [0.5, 0.6) is 0 Å². The minimum Gasteiger partial charge on any atom is -0.265 e. The summed E-state index contributed by atoms with van der Waals surface area (Å²) in [5.74, 6) is 0. The van der Waals surface area contributed by atoms with Crippen molar-refractivity contribution in [3.8, 4) is 0 Å². The fourth-order valence-corrected chi connectivity index (χ4v) is 1.29. The molecule has 2 rings (SSSR count). The molecule has 1 atom stereocenters. The molecule has 13 heavy (non-hydrogen) atoms. The van der Waals surface area contributed by atoms with Crippen LogP contribution in [0.1, 0.15) is 11.6 Å². The molecule has 1 aromatic heterocycles. The van der Waals surface area contributed by atoms with Gasteiger partial charge < -0.3 is 0 Å². The zero-order valence-electron chi connectivity index (χ0n) is 7.30. The lowest BCUT2D eigenvalue weighted by molar-refractivity contribution is 0.608. The molecule has 2 nitrogen and oxygen atoms in total. The van der Waals surface area contributed by atoms with Crippen molar-refractivity contribution in [1.82, 2.24) is 9.78 Å². The molecule has 0 N–H and O–H groups in total. The van der Waals surface area contributed by atoms with E-state index in [2.05, 4.69) is 24.2 Å². The first-order valence-electron chi connectivity index (χ1n) is 4.25. The van der Waals surface area contributed by atoms with Crippen LogP contribution in [0, 0.1) is 6.92 Å². The number of hydrogen-bond donors (Lipinski definition) is 0. The molecule has 0 bridgehead atoms. The van der Waals surface area contributed by atoms with Crippen molar-refractivity contribution in [2.75, 3.05) is 0 Å². The molecule has 0 saturated heterocycles. The Bertz CT molecular complexity index is 351. The number of hydrogen-bond acceptors (Lipinski definition) is 1. The molecule has 0 saturated carbocycles. The van der Waals surface area contributed by atoms with E-state index in [4.69, 9.17) is 0 Å². The SMILES string of the molecule is [CH2]C(c1ccccc1)n1cccn1. The molecule has 0 spiro atoms. The van der Waals surface area contributed by atoms with Crippen molar-refractivity contribution < 1.29 is 0 Å². The summed E-state index contributed by atoms with van der Waals surface area (Å²) in [5, 5.41) is 4.15. The van der Waals surface area contributed by atoms with Crippen LogP contribution in [0.2, 0.25) is 0 Å². The van der Waals surface area contributed by atoms with Crippen LogP contribution < -0.4 is 0 Å². The first-order chi connectivity index (χ1) is 6.38. The fourth-order valence-electron chi connectivity index (χ4n) is 1.29. The van der Waals surface area contributed by atoms with Crippen LogP contribution in [0.3, 0.4) is 0 Å². The maximum Gasteiger partial charge on any atom is 0.0769 e. The molecule has 0 aliphatic rings. The third-order valence-corrected chi connectivity index (χ3v) is 2.03. The smallest absolute Gasteiger partial charge is 0.0769 e. The second-order valence-electron chi connectivity index (χ2n) is 2.91. The minimum atomic E-state index is 0.0659. The zero-order valence-corrected chi connectivity index (χ0v) is 7.30. The second-order valence-corrected chi connectivity index (χ2v) is 2.91. The van der Waals surface area contributed by atoms with Gasteiger partial charge in [-0.15, -0.1) is 0 Å². The summed E-state index contributed by atoms with van der Waals surface area (Å²) in [6.07, 6.45) is 3.69. The average Bonchev–Trinajstić information content (AvgIpc) is 2.71. The van der Waals surface area contributed by atoms with Crippen LogP contribution in [0.25, 0.3) is 0 Å². The first kappa shape index (κ1) is 8.05. The van der Waals surface area contributed by atoms with Crippen LogP contribution >= 0.6 is 0 Å². The average molecular weight is 171 g/mol. The summed E-state index contributed by atoms with van der Waals surface area (Å²) in [7, 11) is 0. The van der Waals surface area contributed by atoms with E-state index in [0.29, 0.717) is 0 Å². The van der Waals surface area contributed by atoms with Gasteiger partial charge in [-0.25, -0.2) is 0 Å². The lowest BCUT2D eigenvalue weighted by Gasteiger charge is -2.11. The summed E-state index contributed by atoms with van der Waals surface area (Å²) < 4.78 is 1.84. The Labute approximate surface area is 77.8 Å². The maximum absolute atomic E-state index is 4.15. The van der Waals surface area contributed by atoms with Gasteiger partial charge in [0.25, 0.3) is 0 Å². The van der Waals surface area contributed by atoms with Gasteiger partial charge in [-0.05, 0) is 18.6 Å². The quantitative estimate of drug-likeness (QED) is 0.678. The van der Waals surface area contributed by atoms with Gasteiger partial charge in [-0.2, -0.15) is 5.10 Å². The number of nitrogens with zero attached hydrogens (tertiary/aromatic N) is 2. The van der Waals surface area contributed by atoms with Gasteiger partial charge in [0.15, 0.2) is 0 Å². The molecule has 0 aliphatic carbocycles. The van der Waals surface area contributed by atoms with Crippen molar-refractivity contribution in [2.24, 2.45) is 0 Å². The normalized spacial score (nSPS) is 12.7. The monoisotopic (exact) mass is 171 g/mol. The van der Waals surface area contributed by atoms with Crippen LogP contribution in [0.4, 0.5) is 0 Å². The van der Waals surface area contributed by atoms with E-state index in [9.17, 15) is 0 Å². The number of aromatic nitrogens is 2. The summed E-state index contributed by atoms with van der Waals surface area (Å²) in [5.41, 5.74) is 1.17. The van der Waals surface area contributed by atoms with E-state index >= 15 is 0 Å². The molecule has 2 aromatic rings. The van der Waals surface area contributed by atoms with Crippen molar-refractivity contribution in [1.29, 1.82) is 0 Å². The van der Waals surface area contributed by atoms with Gasteiger partial charge in [0.05, 0.1) is 6.04 Å². The predicted octanol–water partition coefficient (Wildman–Crippen LogP) is 2.31. The summed E-state index contributed by atoms with van der Waals surface area (Å²) >= 11 is 0. The third-order valence-electron chi connectivity index (χ3n) is 2.03. The fraction of sp³-hybridized carbons (Fsp3) is 0.0909. The largest absolute Gasteiger partial charge is 0.265 e. The summed E-state index contributed by atoms with van der Waals surface area (Å²) in [6, 6.07) is 12.1. The van der Waals surface area contributed by atoms with Gasteiger partial charge in [-0.1, -0.05) is 30.3 Å². The van der Waals surface area contributed by atoms with E-state index in [0.717, 1.165) is 0 Å². The Kier molecular flexibility index (Phi) is 2.13. The highest BCUT2D eigenvalue weighted by Gasteiger charge is 2.05. The van der Waals surface area contributed by atoms with Crippen molar-refractivity contribution in [3.05, 3.63) is 61.3 Å². The molecule has 1 aromatic carbocycles. The molecule has 0 amide bonds. The van der Waals surface area contributed by atoms with E-state index in [-0.39, 0.29) is 6.04 Å². The lowest BCUT2D eigenvalue weighted by atomic mass is 10.1. The Hall–Kier alpha value is -1.57. The van der Waals surface area contributed by atoms with Gasteiger partial charge in [0.2, 0.25) is 0 Å². The Morgan fingerprint density at radius 1 is 1.15 bits per heavy atom. The molecule has 0 aliphatic heterocycles. The molecule has 1 heterocycles. The van der Waals surface area contributed by atoms with Crippen molar-refractivity contribution in [2.45, 2.75) is 6.04 Å². The Balaban J connectivity index is 2.29. The molecule has 1 unspecified atom stereocenters. The second kappa shape index (κ2) is 3.44. The highest BCUT2D eigenvalue weighted by molar-refractivity contribution is 5.20. The summed E-state index contributed by atoms with van der Waals surface area (Å²) in [6.45, 7) is 4.05. The molecular formula is C11H11N2. The molecule has 65 valence electrons. The topological polar surface area (TPSA) is 17.8 Å². The van der Waals surface area contributed by atoms with Gasteiger partial charge >= 0.3 is 0 Å². The van der Waals surface area contributed by atoms with Crippen LogP contribution in [-0.2, 0) is 0 Å². The van der Waals surface area contributed by atoms with Crippen LogP contribution in [-0.4, -0.2) is 9.78 Å². The zero-order chi connectivity index (χ0) is 9.10. The van der Waals surface area contributed by atoms with Gasteiger partial charge in [-0.3, -0.25) is 4.68 Å². The first-order valence-corrected chi connectivity index (χ1v) is 4.25. The predicted molar refractivity (Wildman–Crippen MR) is 52.2 cm³/mol. The van der Waals surface area contributed by atoms with Crippen LogP contribution in [0.15, 0.2) is 48.8 Å². The maximum atomic E-state index is 4.15.